The second-order valence-electron chi connectivity index (χ2n) is 3.54. The molecule has 0 saturated carbocycles. The Hall–Kier alpha value is -1.89. The Labute approximate surface area is 115 Å². The SMILES string of the molecule is COC(=O)c1cc(C(=O)/C=C/C(F)(F)F)c(F)cc1Cl. The highest BCUT2D eigenvalue weighted by atomic mass is 35.5. The molecule has 1 aromatic rings. The van der Waals surface area contributed by atoms with Gasteiger partial charge in [-0.25, -0.2) is 9.18 Å². The Morgan fingerprint density at radius 3 is 2.35 bits per heavy atom. The minimum atomic E-state index is -4.70. The van der Waals surface area contributed by atoms with Crippen molar-refractivity contribution in [2.24, 2.45) is 0 Å². The van der Waals surface area contributed by atoms with Gasteiger partial charge in [-0.05, 0) is 18.2 Å². The van der Waals surface area contributed by atoms with Gasteiger partial charge in [0.2, 0.25) is 0 Å². The van der Waals surface area contributed by atoms with E-state index in [2.05, 4.69) is 4.74 Å². The van der Waals surface area contributed by atoms with Crippen LogP contribution in [0.3, 0.4) is 0 Å². The van der Waals surface area contributed by atoms with Gasteiger partial charge in [-0.2, -0.15) is 13.2 Å². The molecule has 0 aliphatic carbocycles. The molecule has 0 bridgehead atoms. The number of esters is 1. The van der Waals surface area contributed by atoms with Crippen molar-refractivity contribution >= 4 is 23.4 Å². The number of ketones is 1. The van der Waals surface area contributed by atoms with Crippen molar-refractivity contribution in [2.45, 2.75) is 6.18 Å². The van der Waals surface area contributed by atoms with E-state index in [1.54, 1.807) is 0 Å². The van der Waals surface area contributed by atoms with Gasteiger partial charge in [0.15, 0.2) is 5.78 Å². The number of halogens is 5. The van der Waals surface area contributed by atoms with Gasteiger partial charge in [-0.3, -0.25) is 4.79 Å². The lowest BCUT2D eigenvalue weighted by Gasteiger charge is -2.06. The number of hydrogen-bond donors (Lipinski definition) is 0. The van der Waals surface area contributed by atoms with Crippen LogP contribution in [0.5, 0.6) is 0 Å². The molecule has 0 saturated heterocycles. The van der Waals surface area contributed by atoms with Gasteiger partial charge in [0.25, 0.3) is 0 Å². The number of methoxy groups -OCH3 is 1. The summed E-state index contributed by atoms with van der Waals surface area (Å²) in [5.74, 6) is -3.33. The average molecular weight is 311 g/mol. The maximum atomic E-state index is 13.5. The fourth-order valence-corrected chi connectivity index (χ4v) is 1.49. The number of rotatable bonds is 3. The summed E-state index contributed by atoms with van der Waals surface area (Å²) < 4.78 is 53.6. The van der Waals surface area contributed by atoms with E-state index < -0.39 is 29.3 Å². The van der Waals surface area contributed by atoms with E-state index in [9.17, 15) is 27.2 Å². The molecule has 8 heteroatoms. The molecule has 1 aromatic carbocycles. The second-order valence-corrected chi connectivity index (χ2v) is 3.95. The summed E-state index contributed by atoms with van der Waals surface area (Å²) in [7, 11) is 1.03. The van der Waals surface area contributed by atoms with Crippen molar-refractivity contribution in [3.63, 3.8) is 0 Å². The van der Waals surface area contributed by atoms with Crippen LogP contribution in [0, 0.1) is 5.82 Å². The Balaban J connectivity index is 3.22. The van der Waals surface area contributed by atoms with E-state index in [0.717, 1.165) is 13.2 Å². The van der Waals surface area contributed by atoms with Gasteiger partial charge >= 0.3 is 12.1 Å². The fraction of sp³-hybridized carbons (Fsp3) is 0.167. The predicted octanol–water partition coefficient (Wildman–Crippen LogP) is 3.57. The average Bonchev–Trinajstić information content (AvgIpc) is 2.34. The molecule has 0 fully saturated rings. The van der Waals surface area contributed by atoms with E-state index in [-0.39, 0.29) is 22.7 Å². The van der Waals surface area contributed by atoms with E-state index in [1.165, 1.54) is 0 Å². The monoisotopic (exact) mass is 310 g/mol. The van der Waals surface area contributed by atoms with Gasteiger partial charge in [0, 0.05) is 6.08 Å². The first-order valence-corrected chi connectivity index (χ1v) is 5.41. The Kier molecular flexibility index (Phi) is 4.88. The normalized spacial score (nSPS) is 11.7. The molecule has 1 rings (SSSR count). The first kappa shape index (κ1) is 16.2. The molecule has 20 heavy (non-hydrogen) atoms. The molecule has 0 aliphatic rings. The van der Waals surface area contributed by atoms with E-state index in [4.69, 9.17) is 11.6 Å². The molecule has 0 unspecified atom stereocenters. The van der Waals surface area contributed by atoms with Crippen molar-refractivity contribution < 1.29 is 31.9 Å². The topological polar surface area (TPSA) is 43.4 Å². The zero-order valence-electron chi connectivity index (χ0n) is 9.92. The van der Waals surface area contributed by atoms with Gasteiger partial charge in [0.1, 0.15) is 5.82 Å². The lowest BCUT2D eigenvalue weighted by atomic mass is 10.1. The lowest BCUT2D eigenvalue weighted by molar-refractivity contribution is -0.0799. The maximum Gasteiger partial charge on any atom is 0.409 e. The Bertz CT molecular complexity index is 579. The van der Waals surface area contributed by atoms with Crippen LogP contribution < -0.4 is 0 Å². The summed E-state index contributed by atoms with van der Waals surface area (Å²) in [5.41, 5.74) is -1.03. The minimum Gasteiger partial charge on any atom is -0.465 e. The van der Waals surface area contributed by atoms with Crippen LogP contribution in [0.25, 0.3) is 0 Å². The zero-order chi connectivity index (χ0) is 15.5. The molecule has 0 aliphatic heterocycles. The van der Waals surface area contributed by atoms with Crippen LogP contribution >= 0.6 is 11.6 Å². The van der Waals surface area contributed by atoms with Crippen LogP contribution in [0.2, 0.25) is 5.02 Å². The summed E-state index contributed by atoms with van der Waals surface area (Å²) >= 11 is 5.58. The van der Waals surface area contributed by atoms with Crippen molar-refractivity contribution in [2.75, 3.05) is 7.11 Å². The number of carbonyl (C=O) groups is 2. The van der Waals surface area contributed by atoms with Crippen LogP contribution in [-0.4, -0.2) is 25.0 Å². The third-order valence-corrected chi connectivity index (χ3v) is 2.46. The molecule has 0 amide bonds. The maximum absolute atomic E-state index is 13.5. The lowest BCUT2D eigenvalue weighted by Crippen LogP contribution is -2.08. The molecule has 0 radical (unpaired) electrons. The number of carbonyl (C=O) groups excluding carboxylic acids is 2. The first-order chi connectivity index (χ1) is 9.15. The summed E-state index contributed by atoms with van der Waals surface area (Å²) in [6, 6.07) is 1.40. The first-order valence-electron chi connectivity index (χ1n) is 5.03. The van der Waals surface area contributed by atoms with Gasteiger partial charge in [0.05, 0.1) is 23.3 Å². The quantitative estimate of drug-likeness (QED) is 0.371. The summed E-state index contributed by atoms with van der Waals surface area (Å²) in [4.78, 5) is 22.8. The third kappa shape index (κ3) is 4.06. The predicted molar refractivity (Wildman–Crippen MR) is 62.3 cm³/mol. The molecule has 0 spiro atoms. The van der Waals surface area contributed by atoms with Crippen molar-refractivity contribution in [1.29, 1.82) is 0 Å². The molecule has 0 aromatic heterocycles. The van der Waals surface area contributed by atoms with E-state index in [1.807, 2.05) is 0 Å². The Morgan fingerprint density at radius 1 is 1.25 bits per heavy atom. The summed E-state index contributed by atoms with van der Waals surface area (Å²) in [6.45, 7) is 0. The molecule has 0 N–H and O–H groups in total. The second kappa shape index (κ2) is 6.04. The zero-order valence-corrected chi connectivity index (χ0v) is 10.7. The minimum absolute atomic E-state index is 0.160. The van der Waals surface area contributed by atoms with Crippen LogP contribution in [0.15, 0.2) is 24.3 Å². The van der Waals surface area contributed by atoms with Crippen molar-refractivity contribution in [1.82, 2.24) is 0 Å². The molecule has 108 valence electrons. The summed E-state index contributed by atoms with van der Waals surface area (Å²) in [6.07, 6.45) is -4.88. The number of benzene rings is 1. The van der Waals surface area contributed by atoms with Crippen LogP contribution in [0.4, 0.5) is 17.6 Å². The number of allylic oxidation sites excluding steroid dienone is 2. The molecular formula is C12H7ClF4O3. The molecular weight excluding hydrogens is 304 g/mol. The molecule has 0 heterocycles. The largest absolute Gasteiger partial charge is 0.465 e. The standard InChI is InChI=1S/C12H7ClF4O3/c1-20-11(19)6-4-7(9(14)5-8(6)13)10(18)2-3-12(15,16)17/h2-5H,1H3/b3-2+. The number of alkyl halides is 3. The Morgan fingerprint density at radius 2 is 1.85 bits per heavy atom. The van der Waals surface area contributed by atoms with Gasteiger partial charge < -0.3 is 4.74 Å². The third-order valence-electron chi connectivity index (χ3n) is 2.15. The van der Waals surface area contributed by atoms with Gasteiger partial charge in [-0.1, -0.05) is 11.6 Å². The van der Waals surface area contributed by atoms with Crippen LogP contribution in [0.1, 0.15) is 20.7 Å². The number of hydrogen-bond acceptors (Lipinski definition) is 3. The highest BCUT2D eigenvalue weighted by Gasteiger charge is 2.24. The van der Waals surface area contributed by atoms with E-state index >= 15 is 0 Å². The fourth-order valence-electron chi connectivity index (χ4n) is 1.26. The highest BCUT2D eigenvalue weighted by molar-refractivity contribution is 6.33. The summed E-state index contributed by atoms with van der Waals surface area (Å²) in [5, 5.41) is -0.314. The number of ether oxygens (including phenoxy) is 1. The van der Waals surface area contributed by atoms with Crippen molar-refractivity contribution in [3.05, 3.63) is 46.3 Å². The smallest absolute Gasteiger partial charge is 0.409 e. The van der Waals surface area contributed by atoms with Crippen molar-refractivity contribution in [3.8, 4) is 0 Å². The van der Waals surface area contributed by atoms with Gasteiger partial charge in [-0.15, -0.1) is 0 Å². The van der Waals surface area contributed by atoms with Crippen LogP contribution in [-0.2, 0) is 4.74 Å². The molecule has 3 nitrogen and oxygen atoms in total. The highest BCUT2D eigenvalue weighted by Crippen LogP contribution is 2.23. The van der Waals surface area contributed by atoms with E-state index in [0.29, 0.717) is 6.07 Å². The molecule has 0 atom stereocenters.